The lowest BCUT2D eigenvalue weighted by Crippen LogP contribution is -2.19. The Balaban J connectivity index is 1.44. The van der Waals surface area contributed by atoms with Gasteiger partial charge in [-0.05, 0) is 118 Å². The topological polar surface area (TPSA) is 43.9 Å². The number of nitrogens with one attached hydrogen (secondary N) is 2. The maximum atomic E-state index is 5.48. The fourth-order valence-corrected chi connectivity index (χ4v) is 8.11. The summed E-state index contributed by atoms with van der Waals surface area (Å²) in [6.45, 7) is 13.5. The molecule has 4 aromatic carbocycles. The number of rotatable bonds is 8. The molecule has 2 aliphatic rings. The molecule has 2 N–H and O–H groups in total. The predicted molar refractivity (Wildman–Crippen MR) is 245 cm³/mol. The van der Waals surface area contributed by atoms with E-state index in [0.717, 1.165) is 108 Å². The lowest BCUT2D eigenvalue weighted by Gasteiger charge is -2.13. The maximum Gasteiger partial charge on any atom is 0.0737 e. The van der Waals surface area contributed by atoms with Crippen LogP contribution >= 0.6 is 12.6 Å². The van der Waals surface area contributed by atoms with Gasteiger partial charge in [0.25, 0.3) is 0 Å². The van der Waals surface area contributed by atoms with Crippen molar-refractivity contribution in [3.8, 4) is 0 Å². The van der Waals surface area contributed by atoms with Gasteiger partial charge in [0.05, 0.1) is 11.4 Å². The lowest BCUT2D eigenvalue weighted by molar-refractivity contribution is 1.14. The van der Waals surface area contributed by atoms with Gasteiger partial charge in [-0.1, -0.05) is 137 Å². The number of aliphatic imine (C=N–C) groups is 1. The number of allylic oxidation sites excluding steroid dienone is 6. The van der Waals surface area contributed by atoms with Crippen LogP contribution in [0.3, 0.4) is 0 Å². The highest BCUT2D eigenvalue weighted by Crippen LogP contribution is 2.35. The van der Waals surface area contributed by atoms with E-state index in [1.165, 1.54) is 22.3 Å². The van der Waals surface area contributed by atoms with E-state index >= 15 is 0 Å². The predicted octanol–water partition coefficient (Wildman–Crippen LogP) is 11.3. The normalized spacial score (nSPS) is 19.5. The van der Waals surface area contributed by atoms with Gasteiger partial charge in [0, 0.05) is 50.1 Å². The number of thiol groups is 1. The van der Waals surface area contributed by atoms with Crippen molar-refractivity contribution in [1.82, 2.24) is 9.97 Å². The van der Waals surface area contributed by atoms with Gasteiger partial charge in [0.1, 0.15) is 0 Å². The molecule has 0 amide bonds. The van der Waals surface area contributed by atoms with Crippen molar-refractivity contribution in [3.63, 3.8) is 0 Å². The molecule has 0 aliphatic carbocycles. The lowest BCUT2D eigenvalue weighted by atomic mass is 9.94. The number of hydrogen-bond donors (Lipinski definition) is 3. The highest BCUT2D eigenvalue weighted by Gasteiger charge is 2.21. The van der Waals surface area contributed by atoms with Crippen LogP contribution in [0, 0.1) is 0 Å². The third-order valence-corrected chi connectivity index (χ3v) is 11.6. The summed E-state index contributed by atoms with van der Waals surface area (Å²) in [4.78, 5) is 13.2. The van der Waals surface area contributed by atoms with Crippen LogP contribution < -0.4 is 10.7 Å². The summed E-state index contributed by atoms with van der Waals surface area (Å²) in [7, 11) is 0. The highest BCUT2D eigenvalue weighted by molar-refractivity contribution is 7.79. The van der Waals surface area contributed by atoms with Crippen LogP contribution in [0.5, 0.6) is 0 Å². The van der Waals surface area contributed by atoms with Crippen molar-refractivity contribution < 1.29 is 0 Å². The molecule has 0 atom stereocenters. The minimum Gasteiger partial charge on any atom is -0.354 e. The van der Waals surface area contributed by atoms with Crippen molar-refractivity contribution >= 4 is 40.6 Å². The summed E-state index contributed by atoms with van der Waals surface area (Å²) in [5, 5.41) is 1.99. The number of hydrogen-bond acceptors (Lipinski definition) is 2. The van der Waals surface area contributed by atoms with E-state index in [4.69, 9.17) is 4.99 Å². The SMILES string of the molecule is C=C1/C=C\C(C)=C(/c2ccc(CC)cc2)c2ccc([nH]2)/C(c2ccc(CC)cc2)=C2/C=CC(=N2)/C(c2ccc(CC)cc2)=c2/cc/c([nH]2)=C/1c1ccc(CS)cc1. The smallest absolute Gasteiger partial charge is 0.0737 e. The van der Waals surface area contributed by atoms with Crippen LogP contribution in [0.2, 0.25) is 0 Å². The fourth-order valence-electron chi connectivity index (χ4n) is 7.90. The third kappa shape index (κ3) is 7.70. The second kappa shape index (κ2) is 16.6. The van der Waals surface area contributed by atoms with Crippen LogP contribution in [-0.2, 0) is 25.0 Å². The van der Waals surface area contributed by atoms with Crippen LogP contribution in [0.15, 0.2) is 174 Å². The number of nitrogens with zero attached hydrogens (tertiary/aromatic N) is 1. The average Bonchev–Trinajstić information content (AvgIpc) is 4.05. The van der Waals surface area contributed by atoms with E-state index in [1.54, 1.807) is 0 Å². The molecule has 2 aromatic heterocycles. The molecule has 0 unspecified atom stereocenters. The molecule has 57 heavy (non-hydrogen) atoms. The first kappa shape index (κ1) is 37.8. The molecule has 3 nitrogen and oxygen atoms in total. The van der Waals surface area contributed by atoms with Gasteiger partial charge in [-0.15, -0.1) is 0 Å². The number of aryl methyl sites for hydroxylation is 3. The molecule has 8 rings (SSSR count). The maximum absolute atomic E-state index is 5.48. The van der Waals surface area contributed by atoms with E-state index in [1.807, 2.05) is 0 Å². The monoisotopic (exact) mass is 759 g/mol. The van der Waals surface area contributed by atoms with E-state index < -0.39 is 0 Å². The summed E-state index contributed by atoms with van der Waals surface area (Å²) in [5.41, 5.74) is 19.8. The molecular weight excluding hydrogens is 711 g/mol. The molecule has 6 aromatic rings. The van der Waals surface area contributed by atoms with E-state index in [9.17, 15) is 0 Å². The van der Waals surface area contributed by atoms with Crippen LogP contribution in [0.25, 0.3) is 22.3 Å². The largest absolute Gasteiger partial charge is 0.354 e. The molecule has 2 aliphatic heterocycles. The number of aromatic amines is 2. The zero-order valence-electron chi connectivity index (χ0n) is 33.3. The van der Waals surface area contributed by atoms with Crippen LogP contribution in [0.1, 0.15) is 83.6 Å². The second-order valence-corrected chi connectivity index (χ2v) is 15.2. The molecule has 0 saturated carbocycles. The molecule has 282 valence electrons. The minimum atomic E-state index is 0.683. The highest BCUT2D eigenvalue weighted by atomic mass is 32.1. The second-order valence-electron chi connectivity index (χ2n) is 14.8. The Morgan fingerprint density at radius 1 is 0.474 bits per heavy atom. The number of aromatic nitrogens is 2. The van der Waals surface area contributed by atoms with Gasteiger partial charge in [-0.3, -0.25) is 0 Å². The fraction of sp³-hybridized carbons (Fsp3) is 0.151. The van der Waals surface area contributed by atoms with Gasteiger partial charge in [0.15, 0.2) is 0 Å². The Morgan fingerprint density at radius 3 is 1.46 bits per heavy atom. The molecule has 0 fully saturated rings. The van der Waals surface area contributed by atoms with Crippen molar-refractivity contribution in [1.29, 1.82) is 0 Å². The van der Waals surface area contributed by atoms with E-state index in [-0.39, 0.29) is 0 Å². The third-order valence-electron chi connectivity index (χ3n) is 11.2. The molecule has 0 saturated heterocycles. The zero-order chi connectivity index (χ0) is 39.5. The van der Waals surface area contributed by atoms with Gasteiger partial charge in [-0.25, -0.2) is 4.99 Å². The van der Waals surface area contributed by atoms with Gasteiger partial charge < -0.3 is 9.97 Å². The molecule has 4 heterocycles. The Morgan fingerprint density at radius 2 is 0.930 bits per heavy atom. The van der Waals surface area contributed by atoms with Gasteiger partial charge in [0.2, 0.25) is 0 Å². The van der Waals surface area contributed by atoms with Crippen molar-refractivity contribution in [2.75, 3.05) is 0 Å². The van der Waals surface area contributed by atoms with Crippen molar-refractivity contribution in [2.24, 2.45) is 4.99 Å². The first-order valence-corrected chi connectivity index (χ1v) is 20.7. The van der Waals surface area contributed by atoms with Gasteiger partial charge >= 0.3 is 0 Å². The molecule has 0 spiro atoms. The number of H-pyrrole nitrogens is 2. The summed E-state index contributed by atoms with van der Waals surface area (Å²) in [6.07, 6.45) is 11.7. The minimum absolute atomic E-state index is 0.683. The van der Waals surface area contributed by atoms with E-state index in [0.29, 0.717) is 5.75 Å². The van der Waals surface area contributed by atoms with E-state index in [2.05, 4.69) is 203 Å². The quantitative estimate of drug-likeness (QED) is 0.129. The first-order chi connectivity index (χ1) is 27.9. The molecular formula is C53H49N3S. The Labute approximate surface area is 342 Å². The Hall–Kier alpha value is -6.10. The van der Waals surface area contributed by atoms with Crippen molar-refractivity contribution in [2.45, 2.75) is 52.7 Å². The standard InChI is InChI=1S/C53H49N3S/c1-6-36-11-19-40(20-12-36)50-34(4)9-10-35(5)51(41-25-17-39(33-57)18-26-41)45-28-30-47(55-45)53(43-23-15-38(8-3)16-24-43)49-32-31-48(56-49)52(46-29-27-44(50)54-46)42-21-13-37(7-2)14-22-42/h9-32,54-55,57H,5-8,33H2,1-4H3/b10-9-,50-34+,51-45+,52-48-,53-47-. The number of fused-ring (bicyclic) bond motifs is 5. The van der Waals surface area contributed by atoms with Crippen LogP contribution in [-0.4, -0.2) is 15.7 Å². The molecule has 4 heteroatoms. The van der Waals surface area contributed by atoms with Gasteiger partial charge in [-0.2, -0.15) is 12.6 Å². The van der Waals surface area contributed by atoms with Crippen LogP contribution in [0.4, 0.5) is 0 Å². The molecule has 0 radical (unpaired) electrons. The summed E-state index contributed by atoms with van der Waals surface area (Å²) >= 11 is 4.54. The summed E-state index contributed by atoms with van der Waals surface area (Å²) < 4.78 is 0. The Bertz CT molecular complexity index is 2740. The average molecular weight is 760 g/mol. The Kier molecular flexibility index (Phi) is 11.0. The first-order valence-electron chi connectivity index (χ1n) is 20.1. The molecule has 6 bridgehead atoms. The van der Waals surface area contributed by atoms with Crippen molar-refractivity contribution in [3.05, 3.63) is 236 Å². The number of benzene rings is 4. The summed E-state index contributed by atoms with van der Waals surface area (Å²) in [5.74, 6) is 0.683. The summed E-state index contributed by atoms with van der Waals surface area (Å²) in [6, 6.07) is 44.2. The zero-order valence-corrected chi connectivity index (χ0v) is 34.2.